The van der Waals surface area contributed by atoms with Crippen molar-refractivity contribution in [3.63, 3.8) is 0 Å². The van der Waals surface area contributed by atoms with E-state index in [4.69, 9.17) is 5.73 Å². The van der Waals surface area contributed by atoms with Gasteiger partial charge in [0.05, 0.1) is 0 Å². The monoisotopic (exact) mass is 265 g/mol. The highest BCUT2D eigenvalue weighted by Crippen LogP contribution is 2.11. The standard InChI is InChI=1S/C11H27N3O2S/c1-5-13(6-2)17(15,16)14(9-7-8-12)10-11(3)4/h11H,5-10,12H2,1-4H3. The van der Waals surface area contributed by atoms with E-state index in [1.807, 2.05) is 27.7 Å². The second-order valence-corrected chi connectivity index (χ2v) is 6.41. The number of rotatable bonds is 9. The molecule has 6 heteroatoms. The summed E-state index contributed by atoms with van der Waals surface area (Å²) in [6.07, 6.45) is 0.702. The molecule has 5 nitrogen and oxygen atoms in total. The predicted molar refractivity (Wildman–Crippen MR) is 71.9 cm³/mol. The van der Waals surface area contributed by atoms with Gasteiger partial charge in [0.2, 0.25) is 0 Å². The van der Waals surface area contributed by atoms with E-state index in [9.17, 15) is 8.42 Å². The van der Waals surface area contributed by atoms with Crippen molar-refractivity contribution in [3.05, 3.63) is 0 Å². The number of nitrogens with two attached hydrogens (primary N) is 1. The van der Waals surface area contributed by atoms with Gasteiger partial charge in [0.15, 0.2) is 0 Å². The van der Waals surface area contributed by atoms with Crippen LogP contribution in [0, 0.1) is 5.92 Å². The SMILES string of the molecule is CCN(CC)S(=O)(=O)N(CCCN)CC(C)C. The van der Waals surface area contributed by atoms with E-state index in [1.54, 1.807) is 4.31 Å². The van der Waals surface area contributed by atoms with Crippen molar-refractivity contribution in [1.29, 1.82) is 0 Å². The van der Waals surface area contributed by atoms with Crippen LogP contribution in [0.2, 0.25) is 0 Å². The average Bonchev–Trinajstić information content (AvgIpc) is 2.24. The quantitative estimate of drug-likeness (QED) is 0.673. The third kappa shape index (κ3) is 5.33. The minimum atomic E-state index is -3.32. The van der Waals surface area contributed by atoms with Crippen LogP contribution < -0.4 is 5.73 Å². The zero-order valence-corrected chi connectivity index (χ0v) is 12.3. The number of hydrogen-bond acceptors (Lipinski definition) is 3. The van der Waals surface area contributed by atoms with Crippen LogP contribution in [0.1, 0.15) is 34.1 Å². The lowest BCUT2D eigenvalue weighted by atomic mass is 10.2. The molecular weight excluding hydrogens is 238 g/mol. The average molecular weight is 265 g/mol. The first kappa shape index (κ1) is 16.8. The summed E-state index contributed by atoms with van der Waals surface area (Å²) in [6.45, 7) is 10.4. The van der Waals surface area contributed by atoms with Gasteiger partial charge in [-0.15, -0.1) is 0 Å². The van der Waals surface area contributed by atoms with E-state index in [2.05, 4.69) is 0 Å². The van der Waals surface area contributed by atoms with E-state index < -0.39 is 10.2 Å². The lowest BCUT2D eigenvalue weighted by molar-refractivity contribution is 0.321. The molecule has 0 rings (SSSR count). The molecule has 0 aliphatic carbocycles. The molecule has 0 aromatic carbocycles. The molecule has 0 bridgehead atoms. The van der Waals surface area contributed by atoms with Crippen LogP contribution in [-0.4, -0.2) is 49.8 Å². The van der Waals surface area contributed by atoms with E-state index >= 15 is 0 Å². The molecule has 0 spiro atoms. The van der Waals surface area contributed by atoms with E-state index in [1.165, 1.54) is 4.31 Å². The molecule has 0 aromatic rings. The minimum Gasteiger partial charge on any atom is -0.330 e. The van der Waals surface area contributed by atoms with Gasteiger partial charge in [-0.05, 0) is 18.9 Å². The van der Waals surface area contributed by atoms with Gasteiger partial charge in [0.25, 0.3) is 10.2 Å². The first-order valence-electron chi connectivity index (χ1n) is 6.35. The van der Waals surface area contributed by atoms with Crippen molar-refractivity contribution >= 4 is 10.2 Å². The molecule has 0 radical (unpaired) electrons. The van der Waals surface area contributed by atoms with Crippen LogP contribution >= 0.6 is 0 Å². The van der Waals surface area contributed by atoms with Crippen molar-refractivity contribution in [2.24, 2.45) is 11.7 Å². The maximum atomic E-state index is 12.3. The molecule has 2 N–H and O–H groups in total. The molecule has 0 atom stereocenters. The Hall–Kier alpha value is -0.170. The van der Waals surface area contributed by atoms with Crippen LogP contribution in [0.3, 0.4) is 0 Å². The molecule has 0 fully saturated rings. The van der Waals surface area contributed by atoms with Crippen molar-refractivity contribution in [2.45, 2.75) is 34.1 Å². The lowest BCUT2D eigenvalue weighted by Gasteiger charge is -2.29. The van der Waals surface area contributed by atoms with Gasteiger partial charge in [0, 0.05) is 26.2 Å². The maximum absolute atomic E-state index is 12.3. The van der Waals surface area contributed by atoms with Crippen molar-refractivity contribution in [3.8, 4) is 0 Å². The Balaban J connectivity index is 4.86. The second kappa shape index (κ2) is 8.02. The predicted octanol–water partition coefficient (Wildman–Crippen LogP) is 0.880. The summed E-state index contributed by atoms with van der Waals surface area (Å²) in [5.41, 5.74) is 5.46. The summed E-state index contributed by atoms with van der Waals surface area (Å²) >= 11 is 0. The van der Waals surface area contributed by atoms with Crippen LogP contribution in [-0.2, 0) is 10.2 Å². The van der Waals surface area contributed by atoms with Crippen molar-refractivity contribution < 1.29 is 8.42 Å². The van der Waals surface area contributed by atoms with E-state index in [0.717, 1.165) is 0 Å². The molecular formula is C11H27N3O2S. The highest BCUT2D eigenvalue weighted by Gasteiger charge is 2.27. The smallest absolute Gasteiger partial charge is 0.281 e. The highest BCUT2D eigenvalue weighted by molar-refractivity contribution is 7.86. The number of nitrogens with zero attached hydrogens (tertiary/aromatic N) is 2. The molecule has 0 aliphatic rings. The summed E-state index contributed by atoms with van der Waals surface area (Å²) in [4.78, 5) is 0. The third-order valence-corrected chi connectivity index (χ3v) is 4.69. The van der Waals surface area contributed by atoms with Crippen LogP contribution in [0.4, 0.5) is 0 Å². The molecule has 0 saturated carbocycles. The molecule has 104 valence electrons. The fourth-order valence-electron chi connectivity index (χ4n) is 1.69. The fraction of sp³-hybridized carbons (Fsp3) is 1.00. The Morgan fingerprint density at radius 2 is 1.65 bits per heavy atom. The Morgan fingerprint density at radius 1 is 1.12 bits per heavy atom. The van der Waals surface area contributed by atoms with Crippen LogP contribution in [0.25, 0.3) is 0 Å². The Labute approximate surface area is 106 Å². The fourth-order valence-corrected chi connectivity index (χ4v) is 3.51. The largest absolute Gasteiger partial charge is 0.330 e. The van der Waals surface area contributed by atoms with Gasteiger partial charge in [-0.25, -0.2) is 0 Å². The topological polar surface area (TPSA) is 66.6 Å². The van der Waals surface area contributed by atoms with Gasteiger partial charge in [0.1, 0.15) is 0 Å². The molecule has 0 heterocycles. The van der Waals surface area contributed by atoms with Crippen molar-refractivity contribution in [1.82, 2.24) is 8.61 Å². The first-order valence-corrected chi connectivity index (χ1v) is 7.75. The molecule has 0 aromatic heterocycles. The summed E-state index contributed by atoms with van der Waals surface area (Å²) in [5.74, 6) is 0.318. The van der Waals surface area contributed by atoms with Crippen LogP contribution in [0.5, 0.6) is 0 Å². The second-order valence-electron chi connectivity index (χ2n) is 4.49. The lowest BCUT2D eigenvalue weighted by Crippen LogP contribution is -2.45. The zero-order valence-electron chi connectivity index (χ0n) is 11.5. The summed E-state index contributed by atoms with van der Waals surface area (Å²) in [7, 11) is -3.32. The molecule has 0 saturated heterocycles. The number of hydrogen-bond donors (Lipinski definition) is 1. The third-order valence-electron chi connectivity index (χ3n) is 2.54. The normalized spacial score (nSPS) is 12.9. The van der Waals surface area contributed by atoms with Gasteiger partial charge in [-0.3, -0.25) is 0 Å². The van der Waals surface area contributed by atoms with E-state index in [0.29, 0.717) is 45.1 Å². The Kier molecular flexibility index (Phi) is 7.94. The van der Waals surface area contributed by atoms with Crippen LogP contribution in [0.15, 0.2) is 0 Å². The van der Waals surface area contributed by atoms with Gasteiger partial charge in [-0.1, -0.05) is 27.7 Å². The highest BCUT2D eigenvalue weighted by atomic mass is 32.2. The Bertz CT molecular complexity index is 287. The zero-order chi connectivity index (χ0) is 13.5. The van der Waals surface area contributed by atoms with Gasteiger partial charge < -0.3 is 5.73 Å². The Morgan fingerprint density at radius 3 is 2.00 bits per heavy atom. The minimum absolute atomic E-state index is 0.318. The summed E-state index contributed by atoms with van der Waals surface area (Å²) < 4.78 is 27.7. The summed E-state index contributed by atoms with van der Waals surface area (Å²) in [6, 6.07) is 0. The molecule has 17 heavy (non-hydrogen) atoms. The maximum Gasteiger partial charge on any atom is 0.281 e. The van der Waals surface area contributed by atoms with Gasteiger partial charge >= 0.3 is 0 Å². The first-order chi connectivity index (χ1) is 7.89. The molecule has 0 unspecified atom stereocenters. The van der Waals surface area contributed by atoms with Crippen molar-refractivity contribution in [2.75, 3.05) is 32.7 Å². The molecule has 0 amide bonds. The summed E-state index contributed by atoms with van der Waals surface area (Å²) in [5, 5.41) is 0. The van der Waals surface area contributed by atoms with E-state index in [-0.39, 0.29) is 0 Å². The molecule has 0 aliphatic heterocycles. The van der Waals surface area contributed by atoms with Gasteiger partial charge in [-0.2, -0.15) is 17.0 Å².